The third-order valence-electron chi connectivity index (χ3n) is 13.0. The largest absolute Gasteiger partial charge is 0.340 e. The fourth-order valence-corrected chi connectivity index (χ4v) is 9.27. The Hall–Kier alpha value is -5.26. The van der Waals surface area contributed by atoms with Gasteiger partial charge in [0.15, 0.2) is 0 Å². The monoisotopic (exact) mass is 754 g/mol. The highest BCUT2D eigenvalue weighted by Crippen LogP contribution is 2.42. The number of hydrogen-bond donors (Lipinski definition) is 2. The number of nitrogens with one attached hydrogen (secondary N) is 2. The number of likely N-dealkylation sites (tertiary alicyclic amines) is 2. The van der Waals surface area contributed by atoms with Crippen molar-refractivity contribution in [3.8, 4) is 33.6 Å². The lowest BCUT2D eigenvalue weighted by Gasteiger charge is -2.28. The lowest BCUT2D eigenvalue weighted by atomic mass is 10.0. The van der Waals surface area contributed by atoms with Crippen LogP contribution in [0.1, 0.15) is 102 Å². The lowest BCUT2D eigenvalue weighted by Crippen LogP contribution is -2.47. The van der Waals surface area contributed by atoms with E-state index in [2.05, 4.69) is 72.3 Å². The third kappa shape index (κ3) is 6.50. The number of amides is 4. The standard InChI is InChI=1S/C44H50N8O4/c1-25-19-21-49(41(53)43(55)51(31-11-12-31)32-13-14-32)37(25)39-45-23-35(47-39)29-7-3-27(4-8-29)28-5-9-30(10-6-28)36-24-46-40(48-36)38-26(2)20-22-50(38)42(54)44(56)52(33-15-16-33)34-17-18-34/h3-10,23-26,31-34,37-38H,11-22H2,1-2H3,(H,45,47)(H,46,48)/t25-,26?,37?,38?/m1/s1. The molecule has 2 aromatic carbocycles. The maximum Gasteiger partial charge on any atom is 0.312 e. The highest BCUT2D eigenvalue weighted by atomic mass is 16.2. The average molecular weight is 755 g/mol. The van der Waals surface area contributed by atoms with Crippen LogP contribution in [0.3, 0.4) is 0 Å². The number of nitrogens with zero attached hydrogens (tertiary/aromatic N) is 6. The summed E-state index contributed by atoms with van der Waals surface area (Å²) in [7, 11) is 0. The number of carbonyl (C=O) groups excluding carboxylic acids is 4. The highest BCUT2D eigenvalue weighted by molar-refractivity contribution is 6.35. The number of H-pyrrole nitrogens is 2. The van der Waals surface area contributed by atoms with Gasteiger partial charge in [0.05, 0.1) is 35.9 Å². The predicted molar refractivity (Wildman–Crippen MR) is 209 cm³/mol. The van der Waals surface area contributed by atoms with Crippen LogP contribution in [0, 0.1) is 11.8 Å². The summed E-state index contributed by atoms with van der Waals surface area (Å²) in [4.78, 5) is 77.6. The van der Waals surface area contributed by atoms with Crippen LogP contribution < -0.4 is 0 Å². The molecule has 4 amide bonds. The van der Waals surface area contributed by atoms with Crippen LogP contribution in [0.5, 0.6) is 0 Å². The quantitative estimate of drug-likeness (QED) is 0.194. The van der Waals surface area contributed by atoms with E-state index in [9.17, 15) is 19.2 Å². The van der Waals surface area contributed by atoms with Gasteiger partial charge in [-0.3, -0.25) is 19.2 Å². The average Bonchev–Trinajstić information content (AvgIpc) is 4.08. The number of aromatic nitrogens is 4. The normalized spacial score (nSPS) is 24.8. The summed E-state index contributed by atoms with van der Waals surface area (Å²) in [6.07, 6.45) is 13.3. The molecule has 0 bridgehead atoms. The molecule has 4 heterocycles. The molecule has 0 radical (unpaired) electrons. The molecule has 6 aliphatic rings. The summed E-state index contributed by atoms with van der Waals surface area (Å²) in [5, 5.41) is 0. The minimum Gasteiger partial charge on any atom is -0.340 e. The van der Waals surface area contributed by atoms with Crippen LogP contribution in [0.15, 0.2) is 60.9 Å². The van der Waals surface area contributed by atoms with Crippen LogP contribution in [-0.4, -0.2) is 100 Å². The van der Waals surface area contributed by atoms with Crippen molar-refractivity contribution in [2.24, 2.45) is 11.8 Å². The summed E-state index contributed by atoms with van der Waals surface area (Å²) >= 11 is 0. The Bertz CT molecular complexity index is 1980. The molecule has 4 aromatic rings. The van der Waals surface area contributed by atoms with Gasteiger partial charge in [0, 0.05) is 37.3 Å². The first kappa shape index (κ1) is 35.2. The first-order chi connectivity index (χ1) is 27.2. The number of aromatic amines is 2. The number of benzene rings is 2. The highest BCUT2D eigenvalue weighted by Gasteiger charge is 2.49. The van der Waals surface area contributed by atoms with Crippen LogP contribution in [0.2, 0.25) is 0 Å². The summed E-state index contributed by atoms with van der Waals surface area (Å²) in [5.74, 6) is 0.370. The van der Waals surface area contributed by atoms with Crippen LogP contribution in [0.4, 0.5) is 0 Å². The van der Waals surface area contributed by atoms with Crippen molar-refractivity contribution in [3.63, 3.8) is 0 Å². The van der Waals surface area contributed by atoms with Crippen molar-refractivity contribution in [2.75, 3.05) is 13.1 Å². The van der Waals surface area contributed by atoms with E-state index in [1.165, 1.54) is 0 Å². The van der Waals surface area contributed by atoms with Crippen LogP contribution in [-0.2, 0) is 19.2 Å². The zero-order chi connectivity index (χ0) is 38.2. The van der Waals surface area contributed by atoms with E-state index in [0.29, 0.717) is 13.1 Å². The van der Waals surface area contributed by atoms with Crippen LogP contribution >= 0.6 is 0 Å². The molecular formula is C44H50N8O4. The van der Waals surface area contributed by atoms with E-state index < -0.39 is 11.8 Å². The maximum atomic E-state index is 13.6. The molecule has 12 nitrogen and oxygen atoms in total. The van der Waals surface area contributed by atoms with Gasteiger partial charge < -0.3 is 29.6 Å². The molecular weight excluding hydrogens is 705 g/mol. The molecule has 3 unspecified atom stereocenters. The van der Waals surface area contributed by atoms with Crippen molar-refractivity contribution in [2.45, 2.75) is 114 Å². The molecule has 4 saturated carbocycles. The molecule has 12 heteroatoms. The number of imidazole rings is 2. The fourth-order valence-electron chi connectivity index (χ4n) is 9.27. The first-order valence-corrected chi connectivity index (χ1v) is 20.8. The minimum atomic E-state index is -0.390. The third-order valence-corrected chi connectivity index (χ3v) is 13.0. The second kappa shape index (κ2) is 13.7. The van der Waals surface area contributed by atoms with E-state index in [1.807, 2.05) is 22.2 Å². The molecule has 6 fully saturated rings. The van der Waals surface area contributed by atoms with Gasteiger partial charge in [-0.25, -0.2) is 9.97 Å². The Labute approximate surface area is 327 Å². The fraction of sp³-hybridized carbons (Fsp3) is 0.500. The Morgan fingerprint density at radius 1 is 0.518 bits per heavy atom. The van der Waals surface area contributed by atoms with Gasteiger partial charge in [0.25, 0.3) is 0 Å². The molecule has 0 spiro atoms. The molecule has 290 valence electrons. The SMILES string of the molecule is CC1CCN(C(=O)C(=O)N(C2CC2)C2CC2)C1c1ncc(-c2ccc(-c3ccc(-c4cnc(C5[C@H](C)CCN5C(=O)C(=O)N(C5CC5)C5CC5)[nH]4)cc3)cc2)[nH]1. The number of rotatable bonds is 9. The molecule has 56 heavy (non-hydrogen) atoms. The molecule has 2 aromatic heterocycles. The van der Waals surface area contributed by atoms with Gasteiger partial charge >= 0.3 is 23.6 Å². The summed E-state index contributed by atoms with van der Waals surface area (Å²) in [6.45, 7) is 5.38. The maximum absolute atomic E-state index is 13.6. The van der Waals surface area contributed by atoms with Gasteiger partial charge in [-0.05, 0) is 98.3 Å². The molecule has 4 atom stereocenters. The molecule has 2 aliphatic heterocycles. The van der Waals surface area contributed by atoms with E-state index >= 15 is 0 Å². The molecule has 2 saturated heterocycles. The smallest absolute Gasteiger partial charge is 0.312 e. The summed E-state index contributed by atoms with van der Waals surface area (Å²) in [6, 6.07) is 17.1. The predicted octanol–water partition coefficient (Wildman–Crippen LogP) is 6.26. The topological polar surface area (TPSA) is 139 Å². The Kier molecular flexibility index (Phi) is 8.63. The van der Waals surface area contributed by atoms with Crippen LogP contribution in [0.25, 0.3) is 33.6 Å². The van der Waals surface area contributed by atoms with E-state index in [1.54, 1.807) is 9.80 Å². The summed E-state index contributed by atoms with van der Waals surface area (Å²) < 4.78 is 0. The molecule has 2 N–H and O–H groups in total. The van der Waals surface area contributed by atoms with E-state index in [0.717, 1.165) is 109 Å². The van der Waals surface area contributed by atoms with Crippen molar-refractivity contribution < 1.29 is 19.2 Å². The Morgan fingerprint density at radius 3 is 1.16 bits per heavy atom. The van der Waals surface area contributed by atoms with Crippen molar-refractivity contribution in [1.82, 2.24) is 39.5 Å². The van der Waals surface area contributed by atoms with Crippen molar-refractivity contribution in [1.29, 1.82) is 0 Å². The van der Waals surface area contributed by atoms with Gasteiger partial charge in [-0.2, -0.15) is 0 Å². The Morgan fingerprint density at radius 2 is 0.839 bits per heavy atom. The van der Waals surface area contributed by atoms with Gasteiger partial charge in [-0.1, -0.05) is 62.4 Å². The Balaban J connectivity index is 0.803. The number of carbonyl (C=O) groups is 4. The molecule has 10 rings (SSSR count). The zero-order valence-electron chi connectivity index (χ0n) is 32.2. The number of hydrogen-bond acceptors (Lipinski definition) is 6. The second-order valence-corrected chi connectivity index (χ2v) is 17.3. The molecule has 4 aliphatic carbocycles. The van der Waals surface area contributed by atoms with Gasteiger partial charge in [0.1, 0.15) is 11.6 Å². The summed E-state index contributed by atoms with van der Waals surface area (Å²) in [5.41, 5.74) is 5.88. The zero-order valence-corrected chi connectivity index (χ0v) is 32.2. The minimum absolute atomic E-state index is 0.190. The van der Waals surface area contributed by atoms with E-state index in [4.69, 9.17) is 9.97 Å². The lowest BCUT2D eigenvalue weighted by molar-refractivity contribution is -0.153. The van der Waals surface area contributed by atoms with Gasteiger partial charge in [0.2, 0.25) is 0 Å². The van der Waals surface area contributed by atoms with Crippen molar-refractivity contribution in [3.05, 3.63) is 72.6 Å². The second-order valence-electron chi connectivity index (χ2n) is 17.3. The van der Waals surface area contributed by atoms with Gasteiger partial charge in [-0.15, -0.1) is 0 Å². The van der Waals surface area contributed by atoms with E-state index in [-0.39, 0.29) is 59.9 Å². The first-order valence-electron chi connectivity index (χ1n) is 20.8. The van der Waals surface area contributed by atoms with Crippen molar-refractivity contribution >= 4 is 23.6 Å².